The zero-order valence-electron chi connectivity index (χ0n) is 38.3. The van der Waals surface area contributed by atoms with Gasteiger partial charge < -0.3 is 13.6 Å². The van der Waals surface area contributed by atoms with Crippen molar-refractivity contribution in [2.24, 2.45) is 0 Å². The molecule has 6 aromatic rings. The van der Waals surface area contributed by atoms with E-state index in [1.54, 1.807) is 0 Å². The van der Waals surface area contributed by atoms with Crippen molar-refractivity contribution in [3.05, 3.63) is 143 Å². The average Bonchev–Trinajstić information content (AvgIpc) is 3.20. The smallest absolute Gasteiger partial charge is 0.191 e. The molecule has 1 unspecified atom stereocenters. The first-order valence-electron chi connectivity index (χ1n) is 22.2. The van der Waals surface area contributed by atoms with Gasteiger partial charge in [-0.2, -0.15) is 5.26 Å². The molecule has 0 radical (unpaired) electrons. The highest BCUT2D eigenvalue weighted by molar-refractivity contribution is 6.74. The van der Waals surface area contributed by atoms with Gasteiger partial charge >= 0.3 is 0 Å². The van der Waals surface area contributed by atoms with Gasteiger partial charge in [-0.3, -0.25) is 0 Å². The highest BCUT2D eigenvalue weighted by atomic mass is 28.4. The summed E-state index contributed by atoms with van der Waals surface area (Å²) in [6.07, 6.45) is 8.43. The second kappa shape index (κ2) is 18.9. The van der Waals surface area contributed by atoms with Gasteiger partial charge in [0.1, 0.15) is 0 Å². The lowest BCUT2D eigenvalue weighted by Crippen LogP contribution is -2.41. The van der Waals surface area contributed by atoms with Crippen LogP contribution in [0.4, 0.5) is 0 Å². The average molecular weight is 836 g/mol. The van der Waals surface area contributed by atoms with Crippen molar-refractivity contribution in [1.29, 1.82) is 5.26 Å². The number of benzene rings is 6. The van der Waals surface area contributed by atoms with Gasteiger partial charge in [0.2, 0.25) is 0 Å². The van der Waals surface area contributed by atoms with E-state index in [1.165, 1.54) is 65.7 Å². The quantitative estimate of drug-likeness (QED) is 0.0353. The Morgan fingerprint density at radius 2 is 1.12 bits per heavy atom. The van der Waals surface area contributed by atoms with Crippen molar-refractivity contribution < 1.29 is 13.6 Å². The van der Waals surface area contributed by atoms with E-state index in [1.807, 2.05) is 18.2 Å². The SMILES string of the molecule is C=CCC(OCc1ccc2ccc3c(CCc4ccc(C#N)cc4)ccc4ccc1c2c43)c1cc(CCCO[Si](C)(C)C(C)(C)C)cc(CCCO[Si](C)(C)C(C)(C)C)c1. The van der Waals surface area contributed by atoms with Gasteiger partial charge in [0.05, 0.1) is 24.3 Å². The Morgan fingerprint density at radius 1 is 0.617 bits per heavy atom. The molecule has 316 valence electrons. The van der Waals surface area contributed by atoms with Gasteiger partial charge in [-0.15, -0.1) is 6.58 Å². The Labute approximate surface area is 363 Å². The van der Waals surface area contributed by atoms with E-state index in [2.05, 4.69) is 159 Å². The van der Waals surface area contributed by atoms with Crippen LogP contribution in [0, 0.1) is 11.3 Å². The largest absolute Gasteiger partial charge is 0.417 e. The van der Waals surface area contributed by atoms with E-state index in [0.29, 0.717) is 12.2 Å². The van der Waals surface area contributed by atoms with Gasteiger partial charge in [0, 0.05) is 13.2 Å². The first-order valence-corrected chi connectivity index (χ1v) is 28.0. The maximum atomic E-state index is 9.24. The highest BCUT2D eigenvalue weighted by Crippen LogP contribution is 2.40. The van der Waals surface area contributed by atoms with Crippen molar-refractivity contribution in [1.82, 2.24) is 0 Å². The molecule has 0 saturated carbocycles. The van der Waals surface area contributed by atoms with Crippen LogP contribution in [-0.2, 0) is 45.9 Å². The van der Waals surface area contributed by atoms with Crippen LogP contribution >= 0.6 is 0 Å². The third-order valence-electron chi connectivity index (χ3n) is 13.6. The first kappa shape index (κ1) is 45.4. The summed E-state index contributed by atoms with van der Waals surface area (Å²) in [5.74, 6) is 0. The highest BCUT2D eigenvalue weighted by Gasteiger charge is 2.37. The first-order chi connectivity index (χ1) is 28.4. The van der Waals surface area contributed by atoms with E-state index in [-0.39, 0.29) is 16.2 Å². The zero-order chi connectivity index (χ0) is 43.3. The number of rotatable bonds is 19. The molecular weight excluding hydrogens is 767 g/mol. The second-order valence-corrected chi connectivity index (χ2v) is 29.6. The summed E-state index contributed by atoms with van der Waals surface area (Å²) in [6, 6.07) is 35.6. The summed E-state index contributed by atoms with van der Waals surface area (Å²) in [4.78, 5) is 0. The Hall–Kier alpha value is -4.10. The number of ether oxygens (including phenoxy) is 1. The fraction of sp³-hybridized carbons (Fsp3) is 0.426. The number of nitriles is 1. The van der Waals surface area contributed by atoms with Gasteiger partial charge in [-0.05, 0) is 159 Å². The van der Waals surface area contributed by atoms with E-state index in [0.717, 1.165) is 58.2 Å². The van der Waals surface area contributed by atoms with Crippen LogP contribution in [0.15, 0.2) is 104 Å². The third kappa shape index (κ3) is 10.7. The third-order valence-corrected chi connectivity index (χ3v) is 22.7. The summed E-state index contributed by atoms with van der Waals surface area (Å²) >= 11 is 0. The molecule has 6 heteroatoms. The van der Waals surface area contributed by atoms with Crippen molar-refractivity contribution in [2.45, 2.75) is 135 Å². The Bertz CT molecular complexity index is 2380. The molecule has 0 aromatic heterocycles. The summed E-state index contributed by atoms with van der Waals surface area (Å²) in [6.45, 7) is 29.5. The fourth-order valence-corrected chi connectivity index (χ4v) is 10.0. The standard InChI is InChI=1S/C54H69NO3Si2/c1-12-15-50(47-35-41(16-13-32-57-59(8,9)53(2,3)4)34-42(36-47)17-14-33-58-60(10,11)54(5,6)7)56-38-46-27-26-45-28-30-48-43(23-22-39-18-20-40(37-55)21-19-39)24-25-44-29-31-49(46)52(45)51(44)48/h12,18-21,24-31,34-36,50H,1,13-17,22-23,32-33,38H2,2-11H3. The molecule has 0 heterocycles. The van der Waals surface area contributed by atoms with Crippen LogP contribution < -0.4 is 0 Å². The molecule has 60 heavy (non-hydrogen) atoms. The van der Waals surface area contributed by atoms with Crippen molar-refractivity contribution in [3.8, 4) is 6.07 Å². The van der Waals surface area contributed by atoms with Crippen molar-refractivity contribution in [2.75, 3.05) is 13.2 Å². The molecule has 0 aliphatic rings. The molecule has 0 aliphatic carbocycles. The van der Waals surface area contributed by atoms with Crippen LogP contribution in [0.3, 0.4) is 0 Å². The predicted molar refractivity (Wildman–Crippen MR) is 260 cm³/mol. The minimum atomic E-state index is -1.80. The summed E-state index contributed by atoms with van der Waals surface area (Å²) in [5, 5.41) is 17.4. The normalized spacial score (nSPS) is 13.3. The second-order valence-electron chi connectivity index (χ2n) is 20.0. The maximum Gasteiger partial charge on any atom is 0.191 e. The van der Waals surface area contributed by atoms with E-state index in [4.69, 9.17) is 13.6 Å². The molecule has 0 bridgehead atoms. The molecule has 0 saturated heterocycles. The van der Waals surface area contributed by atoms with Crippen LogP contribution in [-0.4, -0.2) is 29.8 Å². The van der Waals surface area contributed by atoms with Crippen LogP contribution in [0.5, 0.6) is 0 Å². The van der Waals surface area contributed by atoms with E-state index >= 15 is 0 Å². The monoisotopic (exact) mass is 835 g/mol. The van der Waals surface area contributed by atoms with Crippen LogP contribution in [0.25, 0.3) is 32.3 Å². The van der Waals surface area contributed by atoms with Crippen LogP contribution in [0.1, 0.15) is 106 Å². The fourth-order valence-electron chi connectivity index (χ4n) is 7.84. The lowest BCUT2D eigenvalue weighted by atomic mass is 9.89. The number of nitrogens with zero attached hydrogens (tertiary/aromatic N) is 1. The number of hydrogen-bond acceptors (Lipinski definition) is 4. The van der Waals surface area contributed by atoms with Crippen molar-refractivity contribution >= 4 is 49.0 Å². The molecule has 4 nitrogen and oxygen atoms in total. The molecular formula is C54H69NO3Si2. The summed E-state index contributed by atoms with van der Waals surface area (Å²) < 4.78 is 20.1. The molecule has 1 atom stereocenters. The van der Waals surface area contributed by atoms with E-state index in [9.17, 15) is 5.26 Å². The Morgan fingerprint density at radius 3 is 1.62 bits per heavy atom. The molecule has 6 rings (SSSR count). The number of aryl methyl sites for hydroxylation is 4. The molecule has 0 amide bonds. The van der Waals surface area contributed by atoms with Gasteiger partial charge in [-0.25, -0.2) is 0 Å². The summed E-state index contributed by atoms with van der Waals surface area (Å²) in [7, 11) is -3.60. The van der Waals surface area contributed by atoms with Gasteiger partial charge in [0.25, 0.3) is 0 Å². The summed E-state index contributed by atoms with van der Waals surface area (Å²) in [5.41, 5.74) is 8.43. The van der Waals surface area contributed by atoms with Gasteiger partial charge in [-0.1, -0.05) is 126 Å². The minimum Gasteiger partial charge on any atom is -0.417 e. The maximum absolute atomic E-state index is 9.24. The van der Waals surface area contributed by atoms with E-state index < -0.39 is 16.6 Å². The molecule has 0 spiro atoms. The predicted octanol–water partition coefficient (Wildman–Crippen LogP) is 15.0. The topological polar surface area (TPSA) is 51.5 Å². The Balaban J connectivity index is 1.24. The molecule has 0 N–H and O–H groups in total. The number of hydrogen-bond donors (Lipinski definition) is 0. The zero-order valence-corrected chi connectivity index (χ0v) is 40.3. The Kier molecular flexibility index (Phi) is 14.3. The molecule has 0 aliphatic heterocycles. The molecule has 0 fully saturated rings. The van der Waals surface area contributed by atoms with Crippen LogP contribution in [0.2, 0.25) is 36.3 Å². The van der Waals surface area contributed by atoms with Crippen molar-refractivity contribution in [3.63, 3.8) is 0 Å². The van der Waals surface area contributed by atoms with Gasteiger partial charge in [0.15, 0.2) is 16.6 Å². The lowest BCUT2D eigenvalue weighted by molar-refractivity contribution is 0.0423. The molecule has 6 aromatic carbocycles. The minimum absolute atomic E-state index is 0.111. The lowest BCUT2D eigenvalue weighted by Gasteiger charge is -2.36.